The fourth-order valence-electron chi connectivity index (χ4n) is 2.13. The van der Waals surface area contributed by atoms with E-state index < -0.39 is 0 Å². The van der Waals surface area contributed by atoms with Crippen molar-refractivity contribution in [2.45, 2.75) is 45.1 Å². The minimum atomic E-state index is 0. The first-order chi connectivity index (χ1) is 10.2. The molecule has 2 N–H and O–H groups in total. The monoisotopic (exact) mass is 439 g/mol. The van der Waals surface area contributed by atoms with Crippen molar-refractivity contribution in [1.29, 1.82) is 0 Å². The maximum absolute atomic E-state index is 5.23. The molecular weight excluding hydrogens is 413 g/mol. The van der Waals surface area contributed by atoms with Gasteiger partial charge in [0.05, 0.1) is 0 Å². The van der Waals surface area contributed by atoms with Crippen LogP contribution >= 0.6 is 35.7 Å². The Bertz CT molecular complexity index is 460. The van der Waals surface area contributed by atoms with Crippen LogP contribution < -0.4 is 10.6 Å². The van der Waals surface area contributed by atoms with Crippen LogP contribution in [-0.4, -0.2) is 47.2 Å². The van der Waals surface area contributed by atoms with Gasteiger partial charge in [0.2, 0.25) is 5.89 Å². The molecule has 1 aliphatic rings. The zero-order chi connectivity index (χ0) is 15.1. The molecule has 1 aromatic rings. The van der Waals surface area contributed by atoms with Gasteiger partial charge in [0.15, 0.2) is 11.8 Å². The van der Waals surface area contributed by atoms with Gasteiger partial charge in [-0.25, -0.2) is 0 Å². The smallest absolute Gasteiger partial charge is 0.228 e. The van der Waals surface area contributed by atoms with Crippen molar-refractivity contribution in [2.24, 2.45) is 4.99 Å². The number of thioether (sulfide) groups is 1. The quantitative estimate of drug-likeness (QED) is 0.417. The Hall–Kier alpha value is -0.510. The van der Waals surface area contributed by atoms with Crippen LogP contribution in [0.3, 0.4) is 0 Å². The maximum atomic E-state index is 5.23. The molecule has 0 spiro atoms. The van der Waals surface area contributed by atoms with E-state index in [-0.39, 0.29) is 24.0 Å². The van der Waals surface area contributed by atoms with Gasteiger partial charge in [-0.15, -0.1) is 24.0 Å². The Morgan fingerprint density at radius 1 is 1.50 bits per heavy atom. The summed E-state index contributed by atoms with van der Waals surface area (Å²) < 4.78 is 5.23. The second-order valence-electron chi connectivity index (χ2n) is 5.51. The predicted molar refractivity (Wildman–Crippen MR) is 102 cm³/mol. The van der Waals surface area contributed by atoms with Gasteiger partial charge in [-0.05, 0) is 18.6 Å². The van der Waals surface area contributed by atoms with E-state index >= 15 is 0 Å². The van der Waals surface area contributed by atoms with Gasteiger partial charge < -0.3 is 15.2 Å². The van der Waals surface area contributed by atoms with Crippen molar-refractivity contribution < 1.29 is 4.52 Å². The van der Waals surface area contributed by atoms with E-state index in [0.717, 1.165) is 24.1 Å². The third-order valence-electron chi connectivity index (χ3n) is 3.36. The van der Waals surface area contributed by atoms with Crippen LogP contribution in [0, 0.1) is 0 Å². The normalized spacial score (nSPS) is 18.9. The molecule has 0 radical (unpaired) electrons. The largest absolute Gasteiger partial charge is 0.356 e. The van der Waals surface area contributed by atoms with E-state index in [0.29, 0.717) is 24.3 Å². The highest BCUT2D eigenvalue weighted by molar-refractivity contribution is 14.0. The number of hydrogen-bond donors (Lipinski definition) is 2. The summed E-state index contributed by atoms with van der Waals surface area (Å²) in [5.41, 5.74) is 0. The molecule has 1 aromatic heterocycles. The van der Waals surface area contributed by atoms with Crippen molar-refractivity contribution in [2.75, 3.05) is 25.1 Å². The van der Waals surface area contributed by atoms with E-state index in [1.807, 2.05) is 11.8 Å². The molecule has 1 aliphatic heterocycles. The number of aromatic nitrogens is 2. The second kappa shape index (κ2) is 10.3. The number of aliphatic imine (C=N–C) groups is 1. The molecular formula is C14H26IN5OS. The van der Waals surface area contributed by atoms with Crippen LogP contribution in [0.4, 0.5) is 0 Å². The van der Waals surface area contributed by atoms with Crippen molar-refractivity contribution in [3.8, 4) is 0 Å². The van der Waals surface area contributed by atoms with Crippen molar-refractivity contribution in [3.05, 3.63) is 11.7 Å². The average molecular weight is 439 g/mol. The molecule has 2 heterocycles. The molecule has 126 valence electrons. The third kappa shape index (κ3) is 6.31. The van der Waals surface area contributed by atoms with Gasteiger partial charge in [0.1, 0.15) is 0 Å². The minimum Gasteiger partial charge on any atom is -0.356 e. The average Bonchev–Trinajstić information content (AvgIpc) is 2.96. The zero-order valence-corrected chi connectivity index (χ0v) is 16.6. The Labute approximate surface area is 153 Å². The lowest BCUT2D eigenvalue weighted by atomic mass is 10.2. The Morgan fingerprint density at radius 2 is 2.32 bits per heavy atom. The van der Waals surface area contributed by atoms with Gasteiger partial charge in [0.25, 0.3) is 0 Å². The minimum absolute atomic E-state index is 0. The number of hydrogen-bond acceptors (Lipinski definition) is 5. The highest BCUT2D eigenvalue weighted by Crippen LogP contribution is 2.16. The molecule has 1 fully saturated rings. The summed E-state index contributed by atoms with van der Waals surface area (Å²) in [6.07, 6.45) is 3.20. The molecule has 0 aliphatic carbocycles. The first kappa shape index (κ1) is 19.5. The Kier molecular flexibility index (Phi) is 9.15. The van der Waals surface area contributed by atoms with E-state index in [9.17, 15) is 0 Å². The van der Waals surface area contributed by atoms with Gasteiger partial charge in [-0.3, -0.25) is 4.99 Å². The fourth-order valence-corrected chi connectivity index (χ4v) is 3.21. The first-order valence-corrected chi connectivity index (χ1v) is 8.72. The molecule has 1 atom stereocenters. The number of guanidine groups is 1. The van der Waals surface area contributed by atoms with Gasteiger partial charge >= 0.3 is 0 Å². The number of nitrogens with zero attached hydrogens (tertiary/aromatic N) is 3. The topological polar surface area (TPSA) is 75.3 Å². The first-order valence-electron chi connectivity index (χ1n) is 7.56. The summed E-state index contributed by atoms with van der Waals surface area (Å²) >= 11 is 2.00. The van der Waals surface area contributed by atoms with Crippen molar-refractivity contribution in [3.63, 3.8) is 0 Å². The summed E-state index contributed by atoms with van der Waals surface area (Å²) in [7, 11) is 1.80. The molecule has 1 unspecified atom stereocenters. The summed E-state index contributed by atoms with van der Waals surface area (Å²) in [6, 6.07) is 0.519. The van der Waals surface area contributed by atoms with Crippen LogP contribution in [0.2, 0.25) is 0 Å². The Morgan fingerprint density at radius 3 is 2.91 bits per heavy atom. The summed E-state index contributed by atoms with van der Waals surface area (Å²) in [6.45, 7) is 4.85. The van der Waals surface area contributed by atoms with E-state index in [2.05, 4.69) is 39.6 Å². The standard InChI is InChI=1S/C14H25N5OS.HI/c1-10(2)13-18-12(20-19-13)6-7-16-14(15-3)17-11-5-4-8-21-9-11;/h10-11H,4-9H2,1-3H3,(H2,15,16,17);1H. The van der Waals surface area contributed by atoms with Crippen LogP contribution in [0.5, 0.6) is 0 Å². The highest BCUT2D eigenvalue weighted by Gasteiger charge is 2.15. The van der Waals surface area contributed by atoms with Gasteiger partial charge in [-0.1, -0.05) is 19.0 Å². The molecule has 0 amide bonds. The van der Waals surface area contributed by atoms with Gasteiger partial charge in [-0.2, -0.15) is 16.7 Å². The summed E-state index contributed by atoms with van der Waals surface area (Å²) in [4.78, 5) is 8.63. The van der Waals surface area contributed by atoms with Crippen LogP contribution in [0.15, 0.2) is 9.52 Å². The lowest BCUT2D eigenvalue weighted by Crippen LogP contribution is -2.46. The lowest BCUT2D eigenvalue weighted by Gasteiger charge is -2.24. The Balaban J connectivity index is 0.00000242. The zero-order valence-electron chi connectivity index (χ0n) is 13.5. The number of nitrogens with one attached hydrogen (secondary N) is 2. The highest BCUT2D eigenvalue weighted by atomic mass is 127. The third-order valence-corrected chi connectivity index (χ3v) is 4.57. The van der Waals surface area contributed by atoms with Crippen LogP contribution in [-0.2, 0) is 6.42 Å². The molecule has 0 saturated carbocycles. The van der Waals surface area contributed by atoms with Crippen molar-refractivity contribution >= 4 is 41.7 Å². The molecule has 22 heavy (non-hydrogen) atoms. The number of rotatable bonds is 5. The van der Waals surface area contributed by atoms with E-state index in [4.69, 9.17) is 4.52 Å². The van der Waals surface area contributed by atoms with Crippen molar-refractivity contribution in [1.82, 2.24) is 20.8 Å². The SMILES string of the molecule is CN=C(NCCc1nc(C(C)C)no1)NC1CCCSC1.I. The van der Waals surface area contributed by atoms with Gasteiger partial charge in [0, 0.05) is 37.7 Å². The predicted octanol–water partition coefficient (Wildman–Crippen LogP) is 2.41. The lowest BCUT2D eigenvalue weighted by molar-refractivity contribution is 0.371. The fraction of sp³-hybridized carbons (Fsp3) is 0.786. The molecule has 2 rings (SSSR count). The summed E-state index contributed by atoms with van der Waals surface area (Å²) in [5.74, 6) is 5.03. The molecule has 0 bridgehead atoms. The van der Waals surface area contributed by atoms with Crippen LogP contribution in [0.1, 0.15) is 44.3 Å². The number of halogens is 1. The van der Waals surface area contributed by atoms with E-state index in [1.54, 1.807) is 7.05 Å². The second-order valence-corrected chi connectivity index (χ2v) is 6.66. The van der Waals surface area contributed by atoms with Crippen LogP contribution in [0.25, 0.3) is 0 Å². The summed E-state index contributed by atoms with van der Waals surface area (Å²) in [5, 5.41) is 10.7. The molecule has 1 saturated heterocycles. The maximum Gasteiger partial charge on any atom is 0.228 e. The van der Waals surface area contributed by atoms with E-state index in [1.165, 1.54) is 18.6 Å². The molecule has 0 aromatic carbocycles. The molecule has 6 nitrogen and oxygen atoms in total. The molecule has 8 heteroatoms.